The summed E-state index contributed by atoms with van der Waals surface area (Å²) in [5, 5.41) is 0.409. The predicted octanol–water partition coefficient (Wildman–Crippen LogP) is 4.52. The van der Waals surface area contributed by atoms with Gasteiger partial charge < -0.3 is 24.3 Å². The van der Waals surface area contributed by atoms with Gasteiger partial charge in [-0.05, 0) is 62.3 Å². The van der Waals surface area contributed by atoms with Gasteiger partial charge in [-0.15, -0.1) is 0 Å². The molecule has 0 spiro atoms. The molecule has 2 aliphatic heterocycles. The number of hydrogen-bond donors (Lipinski definition) is 0. The van der Waals surface area contributed by atoms with Gasteiger partial charge in [-0.3, -0.25) is 19.2 Å². The van der Waals surface area contributed by atoms with E-state index in [0.29, 0.717) is 81.3 Å². The topological polar surface area (TPSA) is 90.5 Å². The molecule has 1 fully saturated rings. The van der Waals surface area contributed by atoms with E-state index in [-0.39, 0.29) is 29.5 Å². The molecule has 0 radical (unpaired) electrons. The molecule has 1 saturated heterocycles. The molecule has 9 nitrogen and oxygen atoms in total. The van der Waals surface area contributed by atoms with Crippen LogP contribution in [0.15, 0.2) is 48.5 Å². The lowest BCUT2D eigenvalue weighted by atomic mass is 9.95. The summed E-state index contributed by atoms with van der Waals surface area (Å²) in [7, 11) is 3.43. The minimum absolute atomic E-state index is 0.0538. The van der Waals surface area contributed by atoms with Gasteiger partial charge >= 0.3 is 0 Å². The highest BCUT2D eigenvalue weighted by atomic mass is 35.5. The van der Waals surface area contributed by atoms with Gasteiger partial charge in [0.15, 0.2) is 0 Å². The largest absolute Gasteiger partial charge is 0.493 e. The summed E-state index contributed by atoms with van der Waals surface area (Å²) in [6.07, 6.45) is 4.68. The van der Waals surface area contributed by atoms with Crippen LogP contribution in [0.3, 0.4) is 0 Å². The molecule has 2 aromatic rings. The first-order valence-electron chi connectivity index (χ1n) is 15.7. The second-order valence-corrected chi connectivity index (χ2v) is 12.3. The summed E-state index contributed by atoms with van der Waals surface area (Å²) < 4.78 is 6.09. The molecule has 238 valence electrons. The van der Waals surface area contributed by atoms with Crippen LogP contribution in [0.4, 0.5) is 0 Å². The van der Waals surface area contributed by atoms with E-state index in [4.69, 9.17) is 16.3 Å². The molecule has 2 heterocycles. The summed E-state index contributed by atoms with van der Waals surface area (Å²) in [5.74, 6) is 0.0487. The smallest absolute Gasteiger partial charge is 0.258 e. The Morgan fingerprint density at radius 2 is 1.52 bits per heavy atom. The van der Waals surface area contributed by atoms with Crippen LogP contribution >= 0.6 is 11.6 Å². The highest BCUT2D eigenvalue weighted by Gasteiger charge is 2.32. The molecule has 1 atom stereocenters. The van der Waals surface area contributed by atoms with E-state index in [1.54, 1.807) is 44.1 Å². The van der Waals surface area contributed by atoms with Gasteiger partial charge in [0.2, 0.25) is 17.7 Å². The van der Waals surface area contributed by atoms with Gasteiger partial charge in [-0.1, -0.05) is 41.9 Å². The van der Waals surface area contributed by atoms with Crippen molar-refractivity contribution in [3.05, 3.63) is 64.7 Å². The molecule has 0 bridgehead atoms. The normalized spacial score (nSPS) is 20.1. The number of ether oxygens (including phenoxy) is 1. The minimum atomic E-state index is -0.726. The number of benzene rings is 2. The molecule has 2 aromatic carbocycles. The van der Waals surface area contributed by atoms with Crippen LogP contribution in [-0.2, 0) is 20.8 Å². The van der Waals surface area contributed by atoms with Crippen LogP contribution in [0.1, 0.15) is 61.4 Å². The zero-order valence-electron chi connectivity index (χ0n) is 26.2. The van der Waals surface area contributed by atoms with E-state index in [1.165, 1.54) is 4.90 Å². The molecule has 4 rings (SSSR count). The number of amides is 4. The number of fused-ring (bicyclic) bond motifs is 1. The molecular weight excluding hydrogens is 580 g/mol. The second-order valence-electron chi connectivity index (χ2n) is 11.9. The van der Waals surface area contributed by atoms with Crippen LogP contribution in [0.25, 0.3) is 0 Å². The summed E-state index contributed by atoms with van der Waals surface area (Å²) in [5.41, 5.74) is 1.27. The minimum Gasteiger partial charge on any atom is -0.493 e. The van der Waals surface area contributed by atoms with Crippen LogP contribution < -0.4 is 4.74 Å². The maximum Gasteiger partial charge on any atom is 0.258 e. The van der Waals surface area contributed by atoms with E-state index in [1.807, 2.05) is 40.1 Å². The Balaban J connectivity index is 1.54. The molecule has 2 aliphatic rings. The van der Waals surface area contributed by atoms with Crippen molar-refractivity contribution in [2.24, 2.45) is 5.92 Å². The summed E-state index contributed by atoms with van der Waals surface area (Å²) >= 11 is 6.31. The third-order valence-electron chi connectivity index (χ3n) is 8.75. The third-order valence-corrected chi connectivity index (χ3v) is 8.98. The lowest BCUT2D eigenvalue weighted by molar-refractivity contribution is -0.140. The molecule has 0 aromatic heterocycles. The zero-order valence-corrected chi connectivity index (χ0v) is 26.9. The van der Waals surface area contributed by atoms with E-state index in [9.17, 15) is 19.2 Å². The Hall–Kier alpha value is -3.59. The van der Waals surface area contributed by atoms with Crippen molar-refractivity contribution < 1.29 is 23.9 Å². The Kier molecular flexibility index (Phi) is 12.1. The van der Waals surface area contributed by atoms with Crippen molar-refractivity contribution in [3.8, 4) is 5.75 Å². The molecular formula is C34H45ClN4O5. The zero-order chi connectivity index (χ0) is 31.6. The molecule has 0 aliphatic carbocycles. The second kappa shape index (κ2) is 15.9. The van der Waals surface area contributed by atoms with E-state index >= 15 is 0 Å². The number of nitrogens with zero attached hydrogens (tertiary/aromatic N) is 4. The molecule has 44 heavy (non-hydrogen) atoms. The van der Waals surface area contributed by atoms with Crippen molar-refractivity contribution in [1.29, 1.82) is 0 Å². The van der Waals surface area contributed by atoms with Crippen LogP contribution in [-0.4, -0.2) is 103 Å². The van der Waals surface area contributed by atoms with Gasteiger partial charge in [-0.25, -0.2) is 0 Å². The third kappa shape index (κ3) is 8.74. The number of hydrogen-bond acceptors (Lipinski definition) is 5. The summed E-state index contributed by atoms with van der Waals surface area (Å²) in [6, 6.07) is 13.9. The Bertz CT molecular complexity index is 1300. The van der Waals surface area contributed by atoms with E-state index in [0.717, 1.165) is 24.8 Å². The summed E-state index contributed by atoms with van der Waals surface area (Å²) in [6.45, 7) is 4.91. The number of piperidine rings is 1. The van der Waals surface area contributed by atoms with Crippen molar-refractivity contribution in [2.75, 3.05) is 53.4 Å². The van der Waals surface area contributed by atoms with Gasteiger partial charge in [0.25, 0.3) is 5.91 Å². The first-order chi connectivity index (χ1) is 21.2. The van der Waals surface area contributed by atoms with Crippen LogP contribution in [0, 0.1) is 5.92 Å². The molecule has 0 N–H and O–H groups in total. The molecule has 0 saturated carbocycles. The van der Waals surface area contributed by atoms with E-state index < -0.39 is 6.04 Å². The molecule has 10 heteroatoms. The van der Waals surface area contributed by atoms with Gasteiger partial charge in [-0.2, -0.15) is 0 Å². The molecule has 0 unspecified atom stereocenters. The standard InChI is InChI=1S/C34H45ClN4O5/c1-25(40)38-20-15-27(16-21-38)32(41)39-18-8-7-17-36(2)34(43)30(23-26-11-5-4-6-12-26)37(3)33(42)29-24-28(35)13-14-31(29)44-22-10-9-19-39/h4-6,11-14,24,27,30H,7-10,15-23H2,1-3H3/t30-/m0/s1. The number of likely N-dealkylation sites (N-methyl/N-ethyl adjacent to an activating group) is 2. The van der Waals surface area contributed by atoms with Gasteiger partial charge in [0, 0.05) is 71.1 Å². The lowest BCUT2D eigenvalue weighted by Crippen LogP contribution is -2.49. The fraction of sp³-hybridized carbons (Fsp3) is 0.529. The maximum absolute atomic E-state index is 13.9. The van der Waals surface area contributed by atoms with Crippen LogP contribution in [0.5, 0.6) is 5.75 Å². The summed E-state index contributed by atoms with van der Waals surface area (Å²) in [4.78, 5) is 60.0. The Morgan fingerprint density at radius 1 is 0.864 bits per heavy atom. The van der Waals surface area contributed by atoms with Crippen molar-refractivity contribution >= 4 is 35.2 Å². The number of rotatable bonds is 3. The van der Waals surface area contributed by atoms with Crippen molar-refractivity contribution in [3.63, 3.8) is 0 Å². The number of carbonyl (C=O) groups excluding carboxylic acids is 4. The quantitative estimate of drug-likeness (QED) is 0.501. The average molecular weight is 625 g/mol. The highest BCUT2D eigenvalue weighted by molar-refractivity contribution is 6.31. The average Bonchev–Trinajstić information content (AvgIpc) is 3.03. The van der Waals surface area contributed by atoms with Crippen LogP contribution in [0.2, 0.25) is 5.02 Å². The number of likely N-dealkylation sites (tertiary alicyclic amines) is 1. The number of halogens is 1. The SMILES string of the molecule is CC(=O)N1CCC(C(=O)N2CCCCOc3ccc(Cl)cc3C(=O)N(C)[C@@H](Cc3ccccc3)C(=O)N(C)CCCC2)CC1. The number of carbonyl (C=O) groups is 4. The van der Waals surface area contributed by atoms with Crippen molar-refractivity contribution in [1.82, 2.24) is 19.6 Å². The first kappa shape index (κ1) is 33.3. The monoisotopic (exact) mass is 624 g/mol. The highest BCUT2D eigenvalue weighted by Crippen LogP contribution is 2.26. The van der Waals surface area contributed by atoms with E-state index in [2.05, 4.69) is 0 Å². The fourth-order valence-electron chi connectivity index (χ4n) is 5.99. The first-order valence-corrected chi connectivity index (χ1v) is 16.1. The maximum atomic E-state index is 13.9. The van der Waals surface area contributed by atoms with Crippen molar-refractivity contribution in [2.45, 2.75) is 57.9 Å². The van der Waals surface area contributed by atoms with Gasteiger partial charge in [0.05, 0.1) is 12.2 Å². The fourth-order valence-corrected chi connectivity index (χ4v) is 6.16. The predicted molar refractivity (Wildman–Crippen MR) is 171 cm³/mol. The Morgan fingerprint density at radius 3 is 2.20 bits per heavy atom. The Labute approximate surface area is 266 Å². The van der Waals surface area contributed by atoms with Gasteiger partial charge in [0.1, 0.15) is 11.8 Å². The lowest BCUT2D eigenvalue weighted by Gasteiger charge is -2.34. The molecule has 4 amide bonds.